The first-order valence-electron chi connectivity index (χ1n) is 9.66. The number of nitrogens with one attached hydrogen (secondary N) is 2. The molecule has 2 aromatic rings. The molecule has 144 valence electrons. The van der Waals surface area contributed by atoms with Gasteiger partial charge in [0, 0.05) is 25.9 Å². The molecular formula is C22H29N3O2. The van der Waals surface area contributed by atoms with Gasteiger partial charge in [0.25, 0.3) is 0 Å². The molecule has 0 spiro atoms. The fourth-order valence-electron chi connectivity index (χ4n) is 3.35. The largest absolute Gasteiger partial charge is 0.380 e. The van der Waals surface area contributed by atoms with Gasteiger partial charge in [0.15, 0.2) is 0 Å². The summed E-state index contributed by atoms with van der Waals surface area (Å²) in [5, 5.41) is 5.75. The van der Waals surface area contributed by atoms with Crippen molar-refractivity contribution in [2.75, 3.05) is 25.5 Å². The van der Waals surface area contributed by atoms with Crippen LogP contribution in [0.4, 0.5) is 10.5 Å². The molecule has 2 aromatic carbocycles. The van der Waals surface area contributed by atoms with Gasteiger partial charge in [0.05, 0.1) is 6.61 Å². The zero-order chi connectivity index (χ0) is 18.9. The van der Waals surface area contributed by atoms with Gasteiger partial charge in [-0.3, -0.25) is 4.90 Å². The Morgan fingerprint density at radius 1 is 0.926 bits per heavy atom. The number of nitrogens with zero attached hydrogens (tertiary/aromatic N) is 1. The van der Waals surface area contributed by atoms with Crippen molar-refractivity contribution in [1.82, 2.24) is 10.2 Å². The maximum Gasteiger partial charge on any atom is 0.319 e. The summed E-state index contributed by atoms with van der Waals surface area (Å²) in [5.41, 5.74) is 4.28. The molecule has 1 heterocycles. The van der Waals surface area contributed by atoms with Crippen molar-refractivity contribution < 1.29 is 9.53 Å². The normalized spacial score (nSPS) is 14.7. The number of methoxy groups -OCH3 is 1. The maximum absolute atomic E-state index is 12.1. The lowest BCUT2D eigenvalue weighted by atomic mass is 10.1. The Balaban J connectivity index is 1.42. The lowest BCUT2D eigenvalue weighted by molar-refractivity contribution is 0.185. The molecule has 0 bridgehead atoms. The van der Waals surface area contributed by atoms with E-state index in [0.29, 0.717) is 13.2 Å². The molecule has 1 aliphatic heterocycles. The van der Waals surface area contributed by atoms with Crippen LogP contribution in [0, 0.1) is 0 Å². The van der Waals surface area contributed by atoms with Crippen molar-refractivity contribution >= 4 is 11.7 Å². The summed E-state index contributed by atoms with van der Waals surface area (Å²) in [5.74, 6) is 0. The molecule has 0 aromatic heterocycles. The first kappa shape index (κ1) is 19.4. The van der Waals surface area contributed by atoms with E-state index in [4.69, 9.17) is 4.74 Å². The van der Waals surface area contributed by atoms with Crippen LogP contribution in [0.25, 0.3) is 0 Å². The quantitative estimate of drug-likeness (QED) is 0.773. The molecule has 0 saturated carbocycles. The van der Waals surface area contributed by atoms with Crippen LogP contribution in [0.2, 0.25) is 0 Å². The third-order valence-corrected chi connectivity index (χ3v) is 4.85. The summed E-state index contributed by atoms with van der Waals surface area (Å²) >= 11 is 0. The van der Waals surface area contributed by atoms with Gasteiger partial charge < -0.3 is 15.4 Å². The van der Waals surface area contributed by atoms with Crippen LogP contribution in [0.3, 0.4) is 0 Å². The molecule has 1 saturated heterocycles. The second-order valence-electron chi connectivity index (χ2n) is 7.09. The lowest BCUT2D eigenvalue weighted by Gasteiger charge is -2.26. The van der Waals surface area contributed by atoms with Crippen LogP contribution in [0.15, 0.2) is 48.5 Å². The average Bonchev–Trinajstić information content (AvgIpc) is 2.70. The Kier molecular flexibility index (Phi) is 7.25. The second-order valence-corrected chi connectivity index (χ2v) is 7.09. The number of urea groups is 1. The summed E-state index contributed by atoms with van der Waals surface area (Å²) in [7, 11) is 1.67. The van der Waals surface area contributed by atoms with E-state index in [0.717, 1.165) is 23.4 Å². The Labute approximate surface area is 161 Å². The van der Waals surface area contributed by atoms with Gasteiger partial charge in [0.2, 0.25) is 0 Å². The fourth-order valence-corrected chi connectivity index (χ4v) is 3.35. The van der Waals surface area contributed by atoms with E-state index in [1.165, 1.54) is 37.9 Å². The molecule has 1 fully saturated rings. The van der Waals surface area contributed by atoms with E-state index in [-0.39, 0.29) is 6.03 Å². The molecule has 0 unspecified atom stereocenters. The van der Waals surface area contributed by atoms with Gasteiger partial charge in [-0.15, -0.1) is 0 Å². The molecule has 2 N–H and O–H groups in total. The summed E-state index contributed by atoms with van der Waals surface area (Å²) in [6, 6.07) is 16.0. The number of benzene rings is 2. The summed E-state index contributed by atoms with van der Waals surface area (Å²) < 4.78 is 5.08. The Bertz CT molecular complexity index is 707. The van der Waals surface area contributed by atoms with Gasteiger partial charge in [-0.25, -0.2) is 4.79 Å². The number of amides is 2. The van der Waals surface area contributed by atoms with Crippen LogP contribution < -0.4 is 10.6 Å². The van der Waals surface area contributed by atoms with E-state index in [1.54, 1.807) is 7.11 Å². The number of hydrogen-bond donors (Lipinski definition) is 2. The zero-order valence-corrected chi connectivity index (χ0v) is 16.0. The molecule has 2 amide bonds. The van der Waals surface area contributed by atoms with Crippen molar-refractivity contribution in [3.8, 4) is 0 Å². The van der Waals surface area contributed by atoms with E-state index in [1.807, 2.05) is 24.3 Å². The van der Waals surface area contributed by atoms with Crippen molar-refractivity contribution in [3.05, 3.63) is 65.2 Å². The third-order valence-electron chi connectivity index (χ3n) is 4.85. The van der Waals surface area contributed by atoms with Gasteiger partial charge in [-0.2, -0.15) is 0 Å². The van der Waals surface area contributed by atoms with Crippen LogP contribution >= 0.6 is 0 Å². The van der Waals surface area contributed by atoms with Crippen molar-refractivity contribution in [3.63, 3.8) is 0 Å². The van der Waals surface area contributed by atoms with Crippen LogP contribution in [-0.4, -0.2) is 31.1 Å². The summed E-state index contributed by atoms with van der Waals surface area (Å²) in [4.78, 5) is 14.6. The number of carbonyl (C=O) groups is 1. The van der Waals surface area contributed by atoms with E-state index in [9.17, 15) is 4.79 Å². The highest BCUT2D eigenvalue weighted by molar-refractivity contribution is 5.89. The van der Waals surface area contributed by atoms with E-state index >= 15 is 0 Å². The highest BCUT2D eigenvalue weighted by Gasteiger charge is 2.10. The topological polar surface area (TPSA) is 53.6 Å². The Morgan fingerprint density at radius 3 is 2.22 bits per heavy atom. The van der Waals surface area contributed by atoms with Gasteiger partial charge in [-0.05, 0) is 54.8 Å². The highest BCUT2D eigenvalue weighted by atomic mass is 16.5. The predicted octanol–water partition coefficient (Wildman–Crippen LogP) is 4.14. The number of piperidine rings is 1. The third kappa shape index (κ3) is 6.38. The smallest absolute Gasteiger partial charge is 0.319 e. The molecule has 0 radical (unpaired) electrons. The lowest BCUT2D eigenvalue weighted by Crippen LogP contribution is -2.29. The van der Waals surface area contributed by atoms with Gasteiger partial charge >= 0.3 is 6.03 Å². The Morgan fingerprint density at radius 2 is 1.56 bits per heavy atom. The first-order chi connectivity index (χ1) is 13.2. The molecule has 0 atom stereocenters. The number of anilines is 1. The number of carbonyl (C=O) groups excluding carboxylic acids is 1. The van der Waals surface area contributed by atoms with Crippen LogP contribution in [-0.2, 0) is 24.4 Å². The number of ether oxygens (including phenoxy) is 1. The molecule has 0 aliphatic carbocycles. The standard InChI is InChI=1S/C22H29N3O2/c1-27-17-20-9-11-21(12-10-20)24-22(26)23-15-18-5-7-19(8-6-18)16-25-13-3-2-4-14-25/h5-12H,2-4,13-17H2,1H3,(H2,23,24,26). The summed E-state index contributed by atoms with van der Waals surface area (Å²) in [6.07, 6.45) is 3.99. The van der Waals surface area contributed by atoms with E-state index in [2.05, 4.69) is 39.8 Å². The van der Waals surface area contributed by atoms with E-state index < -0.39 is 0 Å². The Hall–Kier alpha value is -2.37. The highest BCUT2D eigenvalue weighted by Crippen LogP contribution is 2.14. The minimum atomic E-state index is -0.202. The summed E-state index contributed by atoms with van der Waals surface area (Å²) in [6.45, 7) is 4.51. The molecular weight excluding hydrogens is 338 g/mol. The van der Waals surface area contributed by atoms with Crippen molar-refractivity contribution in [1.29, 1.82) is 0 Å². The average molecular weight is 367 g/mol. The zero-order valence-electron chi connectivity index (χ0n) is 16.0. The monoisotopic (exact) mass is 367 g/mol. The van der Waals surface area contributed by atoms with Crippen molar-refractivity contribution in [2.24, 2.45) is 0 Å². The molecule has 5 nitrogen and oxygen atoms in total. The first-order valence-corrected chi connectivity index (χ1v) is 9.66. The predicted molar refractivity (Wildman–Crippen MR) is 109 cm³/mol. The molecule has 1 aliphatic rings. The fraction of sp³-hybridized carbons (Fsp3) is 0.409. The van der Waals surface area contributed by atoms with Gasteiger partial charge in [-0.1, -0.05) is 42.8 Å². The minimum absolute atomic E-state index is 0.202. The van der Waals surface area contributed by atoms with Crippen molar-refractivity contribution in [2.45, 2.75) is 39.0 Å². The van der Waals surface area contributed by atoms with Crippen LogP contribution in [0.1, 0.15) is 36.0 Å². The minimum Gasteiger partial charge on any atom is -0.380 e. The maximum atomic E-state index is 12.1. The number of hydrogen-bond acceptors (Lipinski definition) is 3. The number of rotatable bonds is 7. The van der Waals surface area contributed by atoms with Crippen LogP contribution in [0.5, 0.6) is 0 Å². The van der Waals surface area contributed by atoms with Gasteiger partial charge in [0.1, 0.15) is 0 Å². The second kappa shape index (κ2) is 10.1. The molecule has 3 rings (SSSR count). The number of likely N-dealkylation sites (tertiary alicyclic amines) is 1. The SMILES string of the molecule is COCc1ccc(NC(=O)NCc2ccc(CN3CCCCC3)cc2)cc1. The molecule has 27 heavy (non-hydrogen) atoms. The molecule has 5 heteroatoms.